The van der Waals surface area contributed by atoms with Crippen molar-refractivity contribution in [3.8, 4) is 6.07 Å². The minimum atomic E-state index is 0.171. The maximum atomic E-state index is 8.78. The number of likely N-dealkylation sites (N-methyl/N-ethyl adjacent to an activating group) is 1. The average Bonchev–Trinajstić information content (AvgIpc) is 2.87. The van der Waals surface area contributed by atoms with Gasteiger partial charge < -0.3 is 10.2 Å². The maximum absolute atomic E-state index is 8.78. The van der Waals surface area contributed by atoms with E-state index in [1.807, 2.05) is 0 Å². The van der Waals surface area contributed by atoms with Crippen molar-refractivity contribution in [2.45, 2.75) is 57.0 Å². The molecule has 2 heterocycles. The van der Waals surface area contributed by atoms with Crippen LogP contribution in [0.4, 0.5) is 5.82 Å². The van der Waals surface area contributed by atoms with Crippen molar-refractivity contribution >= 4 is 16.9 Å². The predicted molar refractivity (Wildman–Crippen MR) is 98.2 cm³/mol. The van der Waals surface area contributed by atoms with Crippen molar-refractivity contribution in [3.05, 3.63) is 12.5 Å². The summed E-state index contributed by atoms with van der Waals surface area (Å²) in [5, 5.41) is 17.6. The highest BCUT2D eigenvalue weighted by atomic mass is 15.3. The van der Waals surface area contributed by atoms with Crippen LogP contribution in [0.2, 0.25) is 0 Å². The van der Waals surface area contributed by atoms with Gasteiger partial charge in [-0.05, 0) is 26.9 Å². The van der Waals surface area contributed by atoms with Gasteiger partial charge in [0.15, 0.2) is 5.65 Å². The Balaban J connectivity index is 1.80. The highest BCUT2D eigenvalue weighted by Gasteiger charge is 2.33. The monoisotopic (exact) mass is 341 g/mol. The number of nitrogens with zero attached hydrogens (tertiary/aromatic N) is 6. The Morgan fingerprint density at radius 3 is 2.68 bits per heavy atom. The van der Waals surface area contributed by atoms with Crippen LogP contribution in [0.5, 0.6) is 0 Å². The highest BCUT2D eigenvalue weighted by molar-refractivity contribution is 5.86. The van der Waals surface area contributed by atoms with Gasteiger partial charge in [-0.1, -0.05) is 25.7 Å². The van der Waals surface area contributed by atoms with Crippen molar-refractivity contribution in [2.75, 3.05) is 26.0 Å². The number of hydrogen-bond donors (Lipinski definition) is 1. The molecule has 1 aliphatic carbocycles. The van der Waals surface area contributed by atoms with Gasteiger partial charge in [0, 0.05) is 12.1 Å². The highest BCUT2D eigenvalue weighted by Crippen LogP contribution is 2.32. The van der Waals surface area contributed by atoms with Gasteiger partial charge in [0.2, 0.25) is 0 Å². The summed E-state index contributed by atoms with van der Waals surface area (Å²) in [6, 6.07) is 2.15. The third kappa shape index (κ3) is 3.74. The molecule has 3 rings (SSSR count). The fourth-order valence-electron chi connectivity index (χ4n) is 3.77. The van der Waals surface area contributed by atoms with Crippen molar-refractivity contribution in [1.29, 1.82) is 5.26 Å². The van der Waals surface area contributed by atoms with Crippen molar-refractivity contribution < 1.29 is 0 Å². The van der Waals surface area contributed by atoms with Crippen LogP contribution in [0.25, 0.3) is 11.0 Å². The summed E-state index contributed by atoms with van der Waals surface area (Å²) in [6.07, 6.45) is 11.4. The molecule has 1 N–H and O–H groups in total. The standard InChI is InChI=1S/C18H27N7/c1-24(2)18(8-5-3-4-6-9-18)13-20-16-15-12-23-25(11-7-10-19)17(15)22-14-21-16/h12,14H,3-9,11,13H2,1-2H3,(H,20,21,22). The third-order valence-corrected chi connectivity index (χ3v) is 5.44. The van der Waals surface area contributed by atoms with E-state index < -0.39 is 0 Å². The van der Waals surface area contributed by atoms with Crippen LogP contribution in [0.1, 0.15) is 44.9 Å². The number of fused-ring (bicyclic) bond motifs is 1. The Morgan fingerprint density at radius 2 is 2.00 bits per heavy atom. The second-order valence-electron chi connectivity index (χ2n) is 7.12. The molecule has 2 aromatic heterocycles. The molecule has 1 aliphatic rings. The smallest absolute Gasteiger partial charge is 0.163 e. The minimum Gasteiger partial charge on any atom is -0.367 e. The number of aromatic nitrogens is 4. The zero-order valence-electron chi connectivity index (χ0n) is 15.2. The van der Waals surface area contributed by atoms with Gasteiger partial charge in [0.05, 0.1) is 30.6 Å². The molecule has 0 unspecified atom stereocenters. The average molecular weight is 341 g/mol. The first-order valence-electron chi connectivity index (χ1n) is 9.11. The Kier molecular flexibility index (Phi) is 5.49. The van der Waals surface area contributed by atoms with Gasteiger partial charge in [0.1, 0.15) is 12.1 Å². The van der Waals surface area contributed by atoms with Crippen LogP contribution in [0.3, 0.4) is 0 Å². The van der Waals surface area contributed by atoms with Crippen molar-refractivity contribution in [1.82, 2.24) is 24.6 Å². The fraction of sp³-hybridized carbons (Fsp3) is 0.667. The lowest BCUT2D eigenvalue weighted by molar-refractivity contribution is 0.143. The van der Waals surface area contributed by atoms with Gasteiger partial charge in [-0.25, -0.2) is 14.6 Å². The topological polar surface area (TPSA) is 82.7 Å². The van der Waals surface area contributed by atoms with Crippen LogP contribution in [-0.2, 0) is 6.54 Å². The molecule has 0 saturated heterocycles. The maximum Gasteiger partial charge on any atom is 0.163 e. The Hall–Kier alpha value is -2.20. The van der Waals surface area contributed by atoms with Crippen LogP contribution in [0.15, 0.2) is 12.5 Å². The van der Waals surface area contributed by atoms with E-state index in [4.69, 9.17) is 5.26 Å². The normalized spacial score (nSPS) is 17.4. The van der Waals surface area contributed by atoms with Crippen LogP contribution in [0, 0.1) is 11.3 Å². The fourth-order valence-corrected chi connectivity index (χ4v) is 3.77. The van der Waals surface area contributed by atoms with E-state index in [-0.39, 0.29) is 5.54 Å². The zero-order valence-corrected chi connectivity index (χ0v) is 15.2. The Labute approximate surface area is 149 Å². The van der Waals surface area contributed by atoms with E-state index >= 15 is 0 Å². The van der Waals surface area contributed by atoms with Crippen molar-refractivity contribution in [3.63, 3.8) is 0 Å². The second kappa shape index (κ2) is 7.79. The summed E-state index contributed by atoms with van der Waals surface area (Å²) >= 11 is 0. The number of hydrogen-bond acceptors (Lipinski definition) is 6. The lowest BCUT2D eigenvalue weighted by Gasteiger charge is -2.40. The van der Waals surface area contributed by atoms with Crippen LogP contribution >= 0.6 is 0 Å². The summed E-state index contributed by atoms with van der Waals surface area (Å²) in [4.78, 5) is 11.2. The molecule has 0 aromatic carbocycles. The number of nitrogens with one attached hydrogen (secondary N) is 1. The lowest BCUT2D eigenvalue weighted by atomic mass is 9.88. The quantitative estimate of drug-likeness (QED) is 0.814. The van der Waals surface area contributed by atoms with Crippen molar-refractivity contribution in [2.24, 2.45) is 0 Å². The van der Waals surface area contributed by atoms with E-state index in [1.54, 1.807) is 17.2 Å². The van der Waals surface area contributed by atoms with E-state index in [1.165, 1.54) is 38.5 Å². The number of nitriles is 1. The molecule has 7 nitrogen and oxygen atoms in total. The number of rotatable bonds is 6. The first kappa shape index (κ1) is 17.6. The van der Waals surface area contributed by atoms with Gasteiger partial charge in [-0.15, -0.1) is 0 Å². The lowest BCUT2D eigenvalue weighted by Crippen LogP contribution is -2.49. The number of anilines is 1. The second-order valence-corrected chi connectivity index (χ2v) is 7.12. The first-order chi connectivity index (χ1) is 12.2. The molecule has 0 radical (unpaired) electrons. The molecule has 2 aromatic rings. The summed E-state index contributed by atoms with van der Waals surface area (Å²) in [5.41, 5.74) is 0.956. The summed E-state index contributed by atoms with van der Waals surface area (Å²) in [5.74, 6) is 0.832. The molecule has 1 saturated carbocycles. The molecule has 0 aliphatic heterocycles. The van der Waals surface area contributed by atoms with E-state index in [9.17, 15) is 0 Å². The summed E-state index contributed by atoms with van der Waals surface area (Å²) < 4.78 is 1.78. The molecular formula is C18H27N7. The van der Waals surface area contributed by atoms with Crippen LogP contribution < -0.4 is 5.32 Å². The first-order valence-corrected chi connectivity index (χ1v) is 9.11. The van der Waals surface area contributed by atoms with E-state index in [2.05, 4.69) is 45.4 Å². The molecule has 1 fully saturated rings. The molecular weight excluding hydrogens is 314 g/mol. The van der Waals surface area contributed by atoms with Gasteiger partial charge >= 0.3 is 0 Å². The molecule has 0 atom stereocenters. The van der Waals surface area contributed by atoms with Gasteiger partial charge in [-0.3, -0.25) is 0 Å². The zero-order chi connectivity index (χ0) is 17.7. The molecule has 0 bridgehead atoms. The molecule has 134 valence electrons. The van der Waals surface area contributed by atoms with Crippen LogP contribution in [-0.4, -0.2) is 50.8 Å². The minimum absolute atomic E-state index is 0.171. The molecule has 25 heavy (non-hydrogen) atoms. The van der Waals surface area contributed by atoms with E-state index in [0.29, 0.717) is 13.0 Å². The third-order valence-electron chi connectivity index (χ3n) is 5.44. The predicted octanol–water partition coefficient (Wildman–Crippen LogP) is 2.81. The Morgan fingerprint density at radius 1 is 1.24 bits per heavy atom. The summed E-state index contributed by atoms with van der Waals surface area (Å²) in [6.45, 7) is 1.42. The number of aryl methyl sites for hydroxylation is 1. The van der Waals surface area contributed by atoms with Gasteiger partial charge in [-0.2, -0.15) is 10.4 Å². The largest absolute Gasteiger partial charge is 0.367 e. The molecule has 7 heteroatoms. The molecule has 0 amide bonds. The Bertz CT molecular complexity index is 735. The van der Waals surface area contributed by atoms with E-state index in [0.717, 1.165) is 23.4 Å². The van der Waals surface area contributed by atoms with Gasteiger partial charge in [0.25, 0.3) is 0 Å². The molecule has 0 spiro atoms. The summed E-state index contributed by atoms with van der Waals surface area (Å²) in [7, 11) is 4.37. The SMILES string of the molecule is CN(C)C1(CNc2ncnc3c2cnn3CCC#N)CCCCCC1.